The fourth-order valence-corrected chi connectivity index (χ4v) is 7.81. The third-order valence-electron chi connectivity index (χ3n) is 9.57. The number of aromatic amines is 1. The maximum atomic E-state index is 17.1. The van der Waals surface area contributed by atoms with Crippen LogP contribution < -0.4 is 14.4 Å². The summed E-state index contributed by atoms with van der Waals surface area (Å²) >= 11 is 6.81. The van der Waals surface area contributed by atoms with Gasteiger partial charge in [-0.1, -0.05) is 37.6 Å². The van der Waals surface area contributed by atoms with Crippen molar-refractivity contribution in [2.45, 2.75) is 63.5 Å². The van der Waals surface area contributed by atoms with E-state index >= 15 is 4.39 Å². The summed E-state index contributed by atoms with van der Waals surface area (Å²) in [5.74, 6) is 0.287. The van der Waals surface area contributed by atoms with Gasteiger partial charge in [-0.05, 0) is 49.7 Å². The molecule has 13 heteroatoms. The van der Waals surface area contributed by atoms with Crippen molar-refractivity contribution in [3.05, 3.63) is 40.8 Å². The number of methoxy groups -OCH3 is 1. The SMILES string of the molecule is C=C1CN2CC(O)CC2(COc2nc(N3CCCOCC3)c3c(OC)nc(-c4c(C5CC5)c(Cl)cc5[nH]ncc45)c(F)c3n2)C1.CC. The highest BCUT2D eigenvalue weighted by Crippen LogP contribution is 2.51. The number of hydrogen-bond donors (Lipinski definition) is 2. The lowest BCUT2D eigenvalue weighted by Crippen LogP contribution is -2.43. The van der Waals surface area contributed by atoms with Crippen LogP contribution in [0.5, 0.6) is 11.9 Å². The Hall–Kier alpha value is -3.58. The molecule has 250 valence electrons. The largest absolute Gasteiger partial charge is 0.480 e. The highest BCUT2D eigenvalue weighted by atomic mass is 35.5. The van der Waals surface area contributed by atoms with E-state index in [1.54, 1.807) is 6.20 Å². The van der Waals surface area contributed by atoms with Gasteiger partial charge in [-0.25, -0.2) is 9.37 Å². The molecule has 0 spiro atoms. The van der Waals surface area contributed by atoms with Gasteiger partial charge in [0.25, 0.3) is 0 Å². The Morgan fingerprint density at radius 2 is 2.04 bits per heavy atom. The van der Waals surface area contributed by atoms with Crippen LogP contribution in [0, 0.1) is 5.82 Å². The Bertz CT molecular complexity index is 1820. The lowest BCUT2D eigenvalue weighted by molar-refractivity contribution is 0.107. The second-order valence-corrected chi connectivity index (χ2v) is 13.1. The number of anilines is 1. The Morgan fingerprint density at radius 1 is 1.21 bits per heavy atom. The number of aliphatic hydroxyl groups is 1. The molecule has 3 aliphatic heterocycles. The number of nitrogens with zero attached hydrogens (tertiary/aromatic N) is 6. The van der Waals surface area contributed by atoms with E-state index in [9.17, 15) is 5.11 Å². The maximum Gasteiger partial charge on any atom is 0.319 e. The predicted octanol–water partition coefficient (Wildman–Crippen LogP) is 5.64. The van der Waals surface area contributed by atoms with Gasteiger partial charge in [-0.3, -0.25) is 10.00 Å². The van der Waals surface area contributed by atoms with Gasteiger partial charge in [0.2, 0.25) is 5.88 Å². The molecule has 47 heavy (non-hydrogen) atoms. The number of β-amino-alcohol motifs (C(OH)–C–C–N with tert-alkyl or cyclic N) is 1. The van der Waals surface area contributed by atoms with E-state index < -0.39 is 17.5 Å². The number of fused-ring (bicyclic) bond motifs is 3. The van der Waals surface area contributed by atoms with Crippen molar-refractivity contribution in [1.29, 1.82) is 0 Å². The van der Waals surface area contributed by atoms with Crippen molar-refractivity contribution in [3.8, 4) is 23.1 Å². The monoisotopic (exact) mass is 665 g/mol. The molecule has 3 aromatic heterocycles. The molecular weight excluding hydrogens is 625 g/mol. The summed E-state index contributed by atoms with van der Waals surface area (Å²) in [4.78, 5) is 18.6. The molecule has 8 rings (SSSR count). The molecule has 2 unspecified atom stereocenters. The van der Waals surface area contributed by atoms with E-state index in [4.69, 9.17) is 40.8 Å². The third kappa shape index (κ3) is 5.68. The fourth-order valence-electron chi connectivity index (χ4n) is 7.46. The van der Waals surface area contributed by atoms with Gasteiger partial charge in [0.1, 0.15) is 29.0 Å². The van der Waals surface area contributed by atoms with Gasteiger partial charge in [-0.15, -0.1) is 0 Å². The van der Waals surface area contributed by atoms with E-state index in [1.807, 2.05) is 19.9 Å². The molecular formula is C34H41ClFN7O4. The quantitative estimate of drug-likeness (QED) is 0.240. The lowest BCUT2D eigenvalue weighted by atomic mass is 9.93. The number of benzene rings is 1. The van der Waals surface area contributed by atoms with Crippen LogP contribution in [-0.4, -0.2) is 99.9 Å². The molecule has 4 aliphatic rings. The molecule has 0 amide bonds. The first-order valence-corrected chi connectivity index (χ1v) is 16.9. The van der Waals surface area contributed by atoms with Crippen molar-refractivity contribution in [2.75, 3.05) is 58.0 Å². The standard InChI is InChI=1S/C32H35ClFN7O4.C2H6/c1-17-11-32(12-19(42)15-41(32)14-17)16-45-31-37-28-25(29(38-31)40-6-3-8-44-9-7-40)30(43-2)36-27(26(28)34)24-20-13-35-39-22(20)10-21(33)23(24)18-4-5-18;1-2/h10,13,18-19,42H,1,3-9,11-12,14-16H2,2H3,(H,35,39);1-2H3. The summed E-state index contributed by atoms with van der Waals surface area (Å²) in [6.45, 7) is 12.0. The third-order valence-corrected chi connectivity index (χ3v) is 9.88. The number of pyridine rings is 1. The first-order chi connectivity index (χ1) is 22.8. The number of aromatic nitrogens is 5. The first kappa shape index (κ1) is 32.0. The Labute approximate surface area is 278 Å². The normalized spacial score (nSPS) is 23.1. The topological polar surface area (TPSA) is 122 Å². The summed E-state index contributed by atoms with van der Waals surface area (Å²) < 4.78 is 35.0. The molecule has 4 fully saturated rings. The molecule has 0 bridgehead atoms. The van der Waals surface area contributed by atoms with Gasteiger partial charge in [0.05, 0.1) is 37.1 Å². The van der Waals surface area contributed by atoms with E-state index in [-0.39, 0.29) is 35.6 Å². The van der Waals surface area contributed by atoms with Crippen molar-refractivity contribution in [3.63, 3.8) is 0 Å². The second kappa shape index (κ2) is 12.8. The highest BCUT2D eigenvalue weighted by Gasteiger charge is 2.50. The molecule has 11 nitrogen and oxygen atoms in total. The van der Waals surface area contributed by atoms with Crippen LogP contribution in [0.15, 0.2) is 24.4 Å². The number of nitrogens with one attached hydrogen (secondary N) is 1. The van der Waals surface area contributed by atoms with Crippen LogP contribution in [0.25, 0.3) is 33.1 Å². The second-order valence-electron chi connectivity index (χ2n) is 12.7. The van der Waals surface area contributed by atoms with Gasteiger partial charge in [0, 0.05) is 48.8 Å². The van der Waals surface area contributed by atoms with E-state index in [1.165, 1.54) is 7.11 Å². The van der Waals surface area contributed by atoms with E-state index in [0.29, 0.717) is 79.5 Å². The number of hydrogen-bond acceptors (Lipinski definition) is 10. The molecule has 2 atom stereocenters. The van der Waals surface area contributed by atoms with Gasteiger partial charge < -0.3 is 24.2 Å². The average Bonchev–Trinajstić information content (AvgIpc) is 3.71. The van der Waals surface area contributed by atoms with Crippen molar-refractivity contribution < 1.29 is 23.7 Å². The van der Waals surface area contributed by atoms with Gasteiger partial charge in [-0.2, -0.15) is 15.1 Å². The zero-order valence-corrected chi connectivity index (χ0v) is 27.9. The van der Waals surface area contributed by atoms with Crippen LogP contribution in [0.1, 0.15) is 57.4 Å². The summed E-state index contributed by atoms with van der Waals surface area (Å²) in [7, 11) is 1.52. The van der Waals surface area contributed by atoms with Crippen molar-refractivity contribution in [1.82, 2.24) is 30.0 Å². The molecule has 1 aromatic carbocycles. The molecule has 6 heterocycles. The zero-order valence-electron chi connectivity index (χ0n) is 27.1. The minimum Gasteiger partial charge on any atom is -0.480 e. The summed E-state index contributed by atoms with van der Waals surface area (Å²) in [6, 6.07) is 1.89. The van der Waals surface area contributed by atoms with Crippen LogP contribution >= 0.6 is 11.6 Å². The van der Waals surface area contributed by atoms with Crippen LogP contribution in [0.3, 0.4) is 0 Å². The smallest absolute Gasteiger partial charge is 0.319 e. The number of H-pyrrole nitrogens is 1. The highest BCUT2D eigenvalue weighted by molar-refractivity contribution is 6.33. The fraction of sp³-hybridized carbons (Fsp3) is 0.529. The molecule has 0 radical (unpaired) electrons. The molecule has 2 N–H and O–H groups in total. The Balaban J connectivity index is 0.00000172. The average molecular weight is 666 g/mol. The minimum absolute atomic E-state index is 0.0518. The van der Waals surface area contributed by atoms with Crippen LogP contribution in [0.4, 0.5) is 10.2 Å². The molecule has 4 aromatic rings. The number of ether oxygens (including phenoxy) is 3. The Morgan fingerprint density at radius 3 is 2.83 bits per heavy atom. The molecule has 3 saturated heterocycles. The predicted molar refractivity (Wildman–Crippen MR) is 179 cm³/mol. The summed E-state index contributed by atoms with van der Waals surface area (Å²) in [5, 5.41) is 19.3. The number of rotatable bonds is 7. The van der Waals surface area contributed by atoms with Crippen LogP contribution in [-0.2, 0) is 4.74 Å². The van der Waals surface area contributed by atoms with E-state index in [0.717, 1.165) is 35.8 Å². The van der Waals surface area contributed by atoms with Crippen molar-refractivity contribution in [2.24, 2.45) is 0 Å². The zero-order chi connectivity index (χ0) is 32.9. The minimum atomic E-state index is -0.609. The number of halogens is 2. The van der Waals surface area contributed by atoms with Gasteiger partial charge in [0.15, 0.2) is 5.82 Å². The maximum absolute atomic E-state index is 17.1. The van der Waals surface area contributed by atoms with E-state index in [2.05, 4.69) is 26.6 Å². The summed E-state index contributed by atoms with van der Waals surface area (Å²) in [6.07, 6.45) is 5.21. The molecule has 1 saturated carbocycles. The molecule has 1 aliphatic carbocycles. The Kier molecular flexibility index (Phi) is 8.71. The summed E-state index contributed by atoms with van der Waals surface area (Å²) in [5.41, 5.74) is 2.98. The van der Waals surface area contributed by atoms with Crippen LogP contribution in [0.2, 0.25) is 5.02 Å². The number of aliphatic hydroxyl groups excluding tert-OH is 1. The lowest BCUT2D eigenvalue weighted by Gasteiger charge is -2.30. The van der Waals surface area contributed by atoms with Crippen molar-refractivity contribution >= 4 is 39.2 Å². The van der Waals surface area contributed by atoms with Gasteiger partial charge >= 0.3 is 6.01 Å². The first-order valence-electron chi connectivity index (χ1n) is 16.5.